The molecule has 0 amide bonds. The summed E-state index contributed by atoms with van der Waals surface area (Å²) in [5, 5.41) is 9.73. The average molecular weight is 237 g/mol. The van der Waals surface area contributed by atoms with Crippen molar-refractivity contribution in [3.05, 3.63) is 24.0 Å². The van der Waals surface area contributed by atoms with E-state index in [1.54, 1.807) is 24.8 Å². The lowest BCUT2D eigenvalue weighted by molar-refractivity contribution is 0.0883. The number of aromatic nitrogens is 2. The largest absolute Gasteiger partial charge is 0.389 e. The van der Waals surface area contributed by atoms with E-state index in [9.17, 15) is 9.50 Å². The highest BCUT2D eigenvalue weighted by Gasteiger charge is 2.17. The zero-order valence-electron chi connectivity index (χ0n) is 10.2. The van der Waals surface area contributed by atoms with Crippen molar-refractivity contribution >= 4 is 17.0 Å². The zero-order chi connectivity index (χ0) is 12.6. The van der Waals surface area contributed by atoms with Crippen LogP contribution in [0.1, 0.15) is 13.8 Å². The highest BCUT2D eigenvalue weighted by Crippen LogP contribution is 2.18. The third-order valence-electron chi connectivity index (χ3n) is 2.42. The van der Waals surface area contributed by atoms with Gasteiger partial charge in [-0.25, -0.2) is 9.37 Å². The first-order valence-electron chi connectivity index (χ1n) is 5.44. The molecule has 0 radical (unpaired) electrons. The molecular weight excluding hydrogens is 221 g/mol. The number of benzene rings is 1. The smallest absolute Gasteiger partial charge is 0.203 e. The Morgan fingerprint density at radius 3 is 2.82 bits per heavy atom. The van der Waals surface area contributed by atoms with Gasteiger partial charge in [-0.2, -0.15) is 0 Å². The Kier molecular flexibility index (Phi) is 2.79. The third-order valence-corrected chi connectivity index (χ3v) is 2.42. The van der Waals surface area contributed by atoms with Gasteiger partial charge in [-0.1, -0.05) is 0 Å². The summed E-state index contributed by atoms with van der Waals surface area (Å²) in [6.07, 6.45) is 0. The van der Waals surface area contributed by atoms with Crippen LogP contribution in [0, 0.1) is 5.82 Å². The van der Waals surface area contributed by atoms with Gasteiger partial charge < -0.3 is 15.0 Å². The van der Waals surface area contributed by atoms with E-state index in [0.29, 0.717) is 23.5 Å². The molecule has 2 aromatic rings. The van der Waals surface area contributed by atoms with Gasteiger partial charge in [0.15, 0.2) is 0 Å². The molecule has 0 atom stereocenters. The number of aromatic amines is 1. The predicted octanol–water partition coefficient (Wildman–Crippen LogP) is 1.91. The molecule has 1 aromatic carbocycles. The van der Waals surface area contributed by atoms with Gasteiger partial charge in [-0.15, -0.1) is 0 Å². The summed E-state index contributed by atoms with van der Waals surface area (Å²) in [5.41, 5.74) is 0.561. The number of aliphatic hydroxyl groups is 1. The SMILES string of the molecule is CN(CC(C)(C)O)c1nc2ccc(F)cc2[nH]1. The maximum absolute atomic E-state index is 13.0. The van der Waals surface area contributed by atoms with Crippen LogP contribution in [0.4, 0.5) is 10.3 Å². The van der Waals surface area contributed by atoms with Crippen molar-refractivity contribution in [2.45, 2.75) is 19.4 Å². The van der Waals surface area contributed by atoms with Crippen LogP contribution >= 0.6 is 0 Å². The van der Waals surface area contributed by atoms with E-state index >= 15 is 0 Å². The maximum Gasteiger partial charge on any atom is 0.203 e. The quantitative estimate of drug-likeness (QED) is 0.857. The Morgan fingerprint density at radius 2 is 2.18 bits per heavy atom. The number of nitrogens with zero attached hydrogens (tertiary/aromatic N) is 2. The van der Waals surface area contributed by atoms with Gasteiger partial charge in [0.25, 0.3) is 0 Å². The number of hydrogen-bond donors (Lipinski definition) is 2. The van der Waals surface area contributed by atoms with Gasteiger partial charge >= 0.3 is 0 Å². The fourth-order valence-corrected chi connectivity index (χ4v) is 1.80. The molecule has 17 heavy (non-hydrogen) atoms. The zero-order valence-corrected chi connectivity index (χ0v) is 10.2. The van der Waals surface area contributed by atoms with Crippen molar-refractivity contribution in [3.63, 3.8) is 0 Å². The first-order valence-corrected chi connectivity index (χ1v) is 5.44. The normalized spacial score (nSPS) is 12.1. The number of rotatable bonds is 3. The molecular formula is C12H16FN3O. The molecule has 4 nitrogen and oxygen atoms in total. The lowest BCUT2D eigenvalue weighted by Gasteiger charge is -2.24. The van der Waals surface area contributed by atoms with E-state index in [1.807, 2.05) is 7.05 Å². The first kappa shape index (κ1) is 11.9. The summed E-state index contributed by atoms with van der Waals surface area (Å²) in [4.78, 5) is 9.16. The second-order valence-corrected chi connectivity index (χ2v) is 4.89. The van der Waals surface area contributed by atoms with Crippen molar-refractivity contribution in [1.29, 1.82) is 0 Å². The number of anilines is 1. The first-order chi connectivity index (χ1) is 7.85. The van der Waals surface area contributed by atoms with Gasteiger partial charge in [0.1, 0.15) is 5.82 Å². The van der Waals surface area contributed by atoms with Gasteiger partial charge in [0.2, 0.25) is 5.95 Å². The second-order valence-electron chi connectivity index (χ2n) is 4.89. The fraction of sp³-hybridized carbons (Fsp3) is 0.417. The van der Waals surface area contributed by atoms with E-state index in [0.717, 1.165) is 0 Å². The molecule has 0 fully saturated rings. The highest BCUT2D eigenvalue weighted by atomic mass is 19.1. The maximum atomic E-state index is 13.0. The minimum atomic E-state index is -0.807. The predicted molar refractivity (Wildman–Crippen MR) is 65.6 cm³/mol. The Balaban J connectivity index is 2.30. The molecule has 0 aliphatic rings. The highest BCUT2D eigenvalue weighted by molar-refractivity contribution is 5.77. The van der Waals surface area contributed by atoms with E-state index in [-0.39, 0.29) is 5.82 Å². The standard InChI is InChI=1S/C12H16FN3O/c1-12(2,17)7-16(3)11-14-9-5-4-8(13)6-10(9)15-11/h4-6,17H,7H2,1-3H3,(H,14,15). The Labute approximate surface area is 99.1 Å². The van der Waals surface area contributed by atoms with Crippen molar-refractivity contribution in [1.82, 2.24) is 9.97 Å². The second kappa shape index (κ2) is 4.00. The van der Waals surface area contributed by atoms with Crippen LogP contribution in [-0.2, 0) is 0 Å². The van der Waals surface area contributed by atoms with Crippen LogP contribution in [0.2, 0.25) is 0 Å². The summed E-state index contributed by atoms with van der Waals surface area (Å²) in [7, 11) is 1.83. The number of fused-ring (bicyclic) bond motifs is 1. The minimum Gasteiger partial charge on any atom is -0.389 e. The monoisotopic (exact) mass is 237 g/mol. The van der Waals surface area contributed by atoms with Crippen LogP contribution in [0.25, 0.3) is 11.0 Å². The van der Waals surface area contributed by atoms with Crippen molar-refractivity contribution in [2.75, 3.05) is 18.5 Å². The van der Waals surface area contributed by atoms with Gasteiger partial charge in [0, 0.05) is 13.6 Å². The van der Waals surface area contributed by atoms with E-state index in [2.05, 4.69) is 9.97 Å². The van der Waals surface area contributed by atoms with Crippen LogP contribution in [0.3, 0.4) is 0 Å². The van der Waals surface area contributed by atoms with Crippen molar-refractivity contribution in [3.8, 4) is 0 Å². The van der Waals surface area contributed by atoms with Gasteiger partial charge in [-0.3, -0.25) is 0 Å². The molecule has 0 unspecified atom stereocenters. The van der Waals surface area contributed by atoms with Crippen LogP contribution < -0.4 is 4.90 Å². The summed E-state index contributed by atoms with van der Waals surface area (Å²) in [5.74, 6) is 0.325. The van der Waals surface area contributed by atoms with E-state index in [4.69, 9.17) is 0 Å². The third kappa shape index (κ3) is 2.74. The molecule has 0 aliphatic carbocycles. The summed E-state index contributed by atoms with van der Waals surface area (Å²) in [6.45, 7) is 3.90. The van der Waals surface area contributed by atoms with Crippen LogP contribution in [-0.4, -0.2) is 34.3 Å². The van der Waals surface area contributed by atoms with Crippen LogP contribution in [0.15, 0.2) is 18.2 Å². The van der Waals surface area contributed by atoms with Crippen LogP contribution in [0.5, 0.6) is 0 Å². The molecule has 1 aromatic heterocycles. The molecule has 5 heteroatoms. The minimum absolute atomic E-state index is 0.294. The summed E-state index contributed by atoms with van der Waals surface area (Å²) >= 11 is 0. The molecule has 2 rings (SSSR count). The molecule has 2 N–H and O–H groups in total. The number of imidazole rings is 1. The number of hydrogen-bond acceptors (Lipinski definition) is 3. The van der Waals surface area contributed by atoms with Gasteiger partial charge in [-0.05, 0) is 32.0 Å². The average Bonchev–Trinajstić information content (AvgIpc) is 2.57. The molecule has 0 saturated heterocycles. The summed E-state index contributed by atoms with van der Waals surface area (Å²) < 4.78 is 13.0. The van der Waals surface area contributed by atoms with Gasteiger partial charge in [0.05, 0.1) is 16.6 Å². The number of likely N-dealkylation sites (N-methyl/N-ethyl adjacent to an activating group) is 1. The molecule has 1 heterocycles. The molecule has 0 aliphatic heterocycles. The number of nitrogens with one attached hydrogen (secondary N) is 1. The Morgan fingerprint density at radius 1 is 1.47 bits per heavy atom. The Bertz CT molecular complexity index is 530. The lowest BCUT2D eigenvalue weighted by Crippen LogP contribution is -2.36. The Hall–Kier alpha value is -1.62. The lowest BCUT2D eigenvalue weighted by atomic mass is 10.1. The van der Waals surface area contributed by atoms with E-state index in [1.165, 1.54) is 12.1 Å². The molecule has 0 spiro atoms. The number of H-pyrrole nitrogens is 1. The topological polar surface area (TPSA) is 52.1 Å². The molecule has 0 bridgehead atoms. The fourth-order valence-electron chi connectivity index (χ4n) is 1.80. The summed E-state index contributed by atoms with van der Waals surface area (Å²) in [6, 6.07) is 4.41. The molecule has 92 valence electrons. The van der Waals surface area contributed by atoms with E-state index < -0.39 is 5.60 Å². The van der Waals surface area contributed by atoms with Crippen molar-refractivity contribution in [2.24, 2.45) is 0 Å². The van der Waals surface area contributed by atoms with Crippen molar-refractivity contribution < 1.29 is 9.50 Å². The molecule has 0 saturated carbocycles. The number of halogens is 1.